The van der Waals surface area contributed by atoms with E-state index in [0.717, 1.165) is 11.3 Å². The van der Waals surface area contributed by atoms with Crippen molar-refractivity contribution in [2.75, 3.05) is 23.7 Å². The monoisotopic (exact) mass is 440 g/mol. The van der Waals surface area contributed by atoms with E-state index in [-0.39, 0.29) is 16.6 Å². The Morgan fingerprint density at radius 2 is 1.50 bits per heavy atom. The van der Waals surface area contributed by atoms with Crippen LogP contribution in [0.1, 0.15) is 5.56 Å². The minimum Gasteiger partial charge on any atom is -0.355 e. The van der Waals surface area contributed by atoms with Gasteiger partial charge in [0.1, 0.15) is 0 Å². The van der Waals surface area contributed by atoms with Crippen LogP contribution in [0.4, 0.5) is 5.69 Å². The van der Waals surface area contributed by atoms with Gasteiger partial charge in [0.25, 0.3) is 10.0 Å². The fourth-order valence-corrected chi connectivity index (χ4v) is 4.76. The molecule has 1 N–H and O–H groups in total. The highest BCUT2D eigenvalue weighted by atomic mass is 32.2. The lowest BCUT2D eigenvalue weighted by Crippen LogP contribution is -2.27. The molecule has 30 heavy (non-hydrogen) atoms. The van der Waals surface area contributed by atoms with Crippen molar-refractivity contribution in [1.29, 1.82) is 0 Å². The first kappa shape index (κ1) is 21.9. The largest absolute Gasteiger partial charge is 0.355 e. The molecule has 0 saturated carbocycles. The Balaban J connectivity index is 1.51. The summed E-state index contributed by atoms with van der Waals surface area (Å²) in [4.78, 5) is 13.1. The smallest absolute Gasteiger partial charge is 0.264 e. The third kappa shape index (κ3) is 5.87. The summed E-state index contributed by atoms with van der Waals surface area (Å²) in [6.45, 7) is 0.590. The van der Waals surface area contributed by atoms with Crippen molar-refractivity contribution in [2.45, 2.75) is 16.2 Å². The van der Waals surface area contributed by atoms with Crippen molar-refractivity contribution in [2.24, 2.45) is 0 Å². The molecule has 0 radical (unpaired) electrons. The zero-order valence-corrected chi connectivity index (χ0v) is 18.3. The number of nitrogens with zero attached hydrogens (tertiary/aromatic N) is 1. The average Bonchev–Trinajstić information content (AvgIpc) is 2.79. The van der Waals surface area contributed by atoms with Gasteiger partial charge in [-0.15, -0.1) is 11.8 Å². The van der Waals surface area contributed by atoms with E-state index in [9.17, 15) is 13.2 Å². The lowest BCUT2D eigenvalue weighted by molar-refractivity contribution is -0.118. The van der Waals surface area contributed by atoms with Crippen LogP contribution in [0.3, 0.4) is 0 Å². The van der Waals surface area contributed by atoms with Gasteiger partial charge in [0.15, 0.2) is 0 Å². The molecule has 0 aliphatic heterocycles. The maximum atomic E-state index is 12.8. The third-order valence-electron chi connectivity index (χ3n) is 4.55. The van der Waals surface area contributed by atoms with Crippen molar-refractivity contribution in [3.63, 3.8) is 0 Å². The average molecular weight is 441 g/mol. The quantitative estimate of drug-likeness (QED) is 0.512. The van der Waals surface area contributed by atoms with Crippen LogP contribution in [0.15, 0.2) is 94.7 Å². The Morgan fingerprint density at radius 1 is 0.900 bits per heavy atom. The Bertz CT molecular complexity index is 1050. The number of carbonyl (C=O) groups excluding carboxylic acids is 1. The lowest BCUT2D eigenvalue weighted by atomic mass is 10.1. The van der Waals surface area contributed by atoms with Gasteiger partial charge >= 0.3 is 0 Å². The summed E-state index contributed by atoms with van der Waals surface area (Å²) in [5.41, 5.74) is 1.78. The van der Waals surface area contributed by atoms with Gasteiger partial charge in [0.05, 0.1) is 16.3 Å². The number of rotatable bonds is 9. The van der Waals surface area contributed by atoms with E-state index in [1.165, 1.54) is 28.7 Å². The second kappa shape index (κ2) is 10.3. The van der Waals surface area contributed by atoms with Gasteiger partial charge in [-0.2, -0.15) is 0 Å². The van der Waals surface area contributed by atoms with Crippen LogP contribution in [-0.2, 0) is 21.2 Å². The highest BCUT2D eigenvalue weighted by Crippen LogP contribution is 2.24. The topological polar surface area (TPSA) is 66.5 Å². The fraction of sp³-hybridized carbons (Fsp3) is 0.174. The number of carbonyl (C=O) groups is 1. The zero-order valence-electron chi connectivity index (χ0n) is 16.7. The molecule has 0 saturated heterocycles. The van der Waals surface area contributed by atoms with Crippen LogP contribution in [0.2, 0.25) is 0 Å². The predicted octanol–water partition coefficient (Wildman–Crippen LogP) is 3.96. The van der Waals surface area contributed by atoms with Crippen LogP contribution < -0.4 is 9.62 Å². The Hall–Kier alpha value is -2.77. The van der Waals surface area contributed by atoms with Gasteiger partial charge in [0.2, 0.25) is 5.91 Å². The van der Waals surface area contributed by atoms with E-state index in [0.29, 0.717) is 12.2 Å². The number of anilines is 1. The van der Waals surface area contributed by atoms with Crippen LogP contribution in [0.25, 0.3) is 0 Å². The SMILES string of the molecule is CN(c1ccccc1)S(=O)(=O)c1ccc(SCC(=O)NCCc2ccccc2)cc1. The number of hydrogen-bond acceptors (Lipinski definition) is 4. The van der Waals surface area contributed by atoms with E-state index in [1.54, 1.807) is 48.5 Å². The second-order valence-electron chi connectivity index (χ2n) is 6.65. The van der Waals surface area contributed by atoms with E-state index in [4.69, 9.17) is 0 Å². The molecule has 3 aromatic carbocycles. The minimum absolute atomic E-state index is 0.0450. The molecule has 156 valence electrons. The van der Waals surface area contributed by atoms with E-state index >= 15 is 0 Å². The molecule has 0 aliphatic carbocycles. The van der Waals surface area contributed by atoms with Gasteiger partial charge in [0, 0.05) is 18.5 Å². The summed E-state index contributed by atoms with van der Waals surface area (Å²) >= 11 is 1.38. The van der Waals surface area contributed by atoms with E-state index in [1.807, 2.05) is 36.4 Å². The first-order valence-electron chi connectivity index (χ1n) is 9.54. The summed E-state index contributed by atoms with van der Waals surface area (Å²) in [5.74, 6) is 0.238. The molecule has 0 aromatic heterocycles. The summed E-state index contributed by atoms with van der Waals surface area (Å²) in [5, 5.41) is 2.91. The van der Waals surface area contributed by atoms with Crippen molar-refractivity contribution < 1.29 is 13.2 Å². The van der Waals surface area contributed by atoms with Gasteiger partial charge in [-0.1, -0.05) is 48.5 Å². The molecule has 5 nitrogen and oxygen atoms in total. The second-order valence-corrected chi connectivity index (χ2v) is 9.67. The fourth-order valence-electron chi connectivity index (χ4n) is 2.83. The van der Waals surface area contributed by atoms with Crippen molar-refractivity contribution in [3.05, 3.63) is 90.5 Å². The number of hydrogen-bond donors (Lipinski definition) is 1. The number of benzene rings is 3. The molecule has 0 bridgehead atoms. The summed E-state index contributed by atoms with van der Waals surface area (Å²) < 4.78 is 26.9. The first-order chi connectivity index (χ1) is 14.5. The molecule has 0 heterocycles. The third-order valence-corrected chi connectivity index (χ3v) is 7.36. The molecule has 0 fully saturated rings. The zero-order chi connectivity index (χ0) is 21.4. The molecule has 1 amide bonds. The molecule has 3 aromatic rings. The van der Waals surface area contributed by atoms with Gasteiger partial charge < -0.3 is 5.32 Å². The Labute approximate surface area is 182 Å². The van der Waals surface area contributed by atoms with Crippen LogP contribution in [-0.4, -0.2) is 33.7 Å². The summed E-state index contributed by atoms with van der Waals surface area (Å²) in [6, 6.07) is 25.5. The molecular weight excluding hydrogens is 416 g/mol. The van der Waals surface area contributed by atoms with E-state index in [2.05, 4.69) is 5.32 Å². The number of nitrogens with one attached hydrogen (secondary N) is 1. The number of sulfonamides is 1. The van der Waals surface area contributed by atoms with Gasteiger partial charge in [-0.3, -0.25) is 9.10 Å². The van der Waals surface area contributed by atoms with Crippen LogP contribution in [0, 0.1) is 0 Å². The maximum Gasteiger partial charge on any atom is 0.264 e. The number of thioether (sulfide) groups is 1. The Kier molecular flexibility index (Phi) is 7.54. The molecule has 0 spiro atoms. The van der Waals surface area contributed by atoms with Crippen molar-refractivity contribution in [1.82, 2.24) is 5.32 Å². The van der Waals surface area contributed by atoms with Gasteiger partial charge in [-0.05, 0) is 48.4 Å². The van der Waals surface area contributed by atoms with Crippen molar-refractivity contribution >= 4 is 33.4 Å². The molecule has 0 unspecified atom stereocenters. The standard InChI is InChI=1S/C23H24N2O3S2/c1-25(20-10-6-3-7-11-20)30(27,28)22-14-12-21(13-15-22)29-18-23(26)24-17-16-19-8-4-2-5-9-19/h2-15H,16-18H2,1H3,(H,24,26). The minimum atomic E-state index is -3.63. The van der Waals surface area contributed by atoms with Crippen molar-refractivity contribution in [3.8, 4) is 0 Å². The normalized spacial score (nSPS) is 11.1. The predicted molar refractivity (Wildman–Crippen MR) is 122 cm³/mol. The first-order valence-corrected chi connectivity index (χ1v) is 12.0. The van der Waals surface area contributed by atoms with Gasteiger partial charge in [-0.25, -0.2) is 8.42 Å². The van der Waals surface area contributed by atoms with Crippen LogP contribution >= 0.6 is 11.8 Å². The summed E-state index contributed by atoms with van der Waals surface area (Å²) in [7, 11) is -2.10. The van der Waals surface area contributed by atoms with E-state index < -0.39 is 10.0 Å². The summed E-state index contributed by atoms with van der Waals surface area (Å²) in [6.07, 6.45) is 0.790. The Morgan fingerprint density at radius 3 is 2.13 bits per heavy atom. The molecule has 0 aliphatic rings. The molecule has 7 heteroatoms. The maximum absolute atomic E-state index is 12.8. The lowest BCUT2D eigenvalue weighted by Gasteiger charge is -2.19. The highest BCUT2D eigenvalue weighted by molar-refractivity contribution is 8.00. The van der Waals surface area contributed by atoms with Crippen LogP contribution in [0.5, 0.6) is 0 Å². The molecule has 3 rings (SSSR count). The number of para-hydroxylation sites is 1. The highest BCUT2D eigenvalue weighted by Gasteiger charge is 2.21. The molecular formula is C23H24N2O3S2. The number of amides is 1. The molecule has 0 atom stereocenters.